The predicted octanol–water partition coefficient (Wildman–Crippen LogP) is 6.81. The van der Waals surface area contributed by atoms with Gasteiger partial charge < -0.3 is 10.1 Å². The summed E-state index contributed by atoms with van der Waals surface area (Å²) in [5.74, 6) is 0.114. The van der Waals surface area contributed by atoms with Crippen LogP contribution in [0.3, 0.4) is 0 Å². The van der Waals surface area contributed by atoms with Crippen molar-refractivity contribution in [2.75, 3.05) is 11.9 Å². The third kappa shape index (κ3) is 5.58. The Kier molecular flexibility index (Phi) is 7.04. The molecule has 1 N–H and O–H groups in total. The Balaban J connectivity index is 1.35. The van der Waals surface area contributed by atoms with E-state index in [9.17, 15) is 4.79 Å². The lowest BCUT2D eigenvalue weighted by molar-refractivity contribution is 0.0472. The van der Waals surface area contributed by atoms with Crippen LogP contribution in [0, 0.1) is 13.8 Å². The number of esters is 1. The number of rotatable bonds is 8. The zero-order valence-electron chi connectivity index (χ0n) is 19.5. The fraction of sp³-hybridized carbons (Fsp3) is 0.241. The number of aryl methyl sites for hydroxylation is 2. The van der Waals surface area contributed by atoms with Crippen LogP contribution in [-0.4, -0.2) is 17.5 Å². The summed E-state index contributed by atoms with van der Waals surface area (Å²) < 4.78 is 5.55. The summed E-state index contributed by atoms with van der Waals surface area (Å²) in [6.45, 7) is 7.29. The molecule has 0 spiro atoms. The predicted molar refractivity (Wildman–Crippen MR) is 135 cm³/mol. The van der Waals surface area contributed by atoms with Gasteiger partial charge >= 0.3 is 5.97 Å². The second-order valence-electron chi connectivity index (χ2n) is 8.56. The molecular weight excluding hydrogens is 408 g/mol. The third-order valence-corrected chi connectivity index (χ3v) is 6.11. The highest BCUT2D eigenvalue weighted by atomic mass is 16.5. The van der Waals surface area contributed by atoms with Gasteiger partial charge in [-0.1, -0.05) is 55.0 Å². The van der Waals surface area contributed by atoms with Gasteiger partial charge in [-0.25, -0.2) is 4.79 Å². The summed E-state index contributed by atoms with van der Waals surface area (Å²) >= 11 is 0. The van der Waals surface area contributed by atoms with Crippen molar-refractivity contribution < 1.29 is 9.53 Å². The van der Waals surface area contributed by atoms with Gasteiger partial charge in [0.25, 0.3) is 0 Å². The number of aromatic nitrogens is 1. The van der Waals surface area contributed by atoms with Crippen molar-refractivity contribution >= 4 is 22.4 Å². The van der Waals surface area contributed by atoms with Crippen molar-refractivity contribution in [1.82, 2.24) is 4.98 Å². The molecule has 4 nitrogen and oxygen atoms in total. The van der Waals surface area contributed by atoms with Crippen molar-refractivity contribution in [3.8, 4) is 0 Å². The molecule has 0 aliphatic carbocycles. The van der Waals surface area contributed by atoms with E-state index in [4.69, 9.17) is 4.74 Å². The molecule has 4 aromatic rings. The molecule has 1 heterocycles. The highest BCUT2D eigenvalue weighted by molar-refractivity contribution is 5.91. The third-order valence-electron chi connectivity index (χ3n) is 6.11. The molecule has 4 heteroatoms. The Morgan fingerprint density at radius 3 is 2.55 bits per heavy atom. The molecule has 3 aromatic carbocycles. The molecule has 0 aliphatic rings. The Hall–Kier alpha value is -3.66. The van der Waals surface area contributed by atoms with Gasteiger partial charge in [0, 0.05) is 35.9 Å². The van der Waals surface area contributed by atoms with E-state index in [1.807, 2.05) is 50.5 Å². The normalized spacial score (nSPS) is 11.8. The summed E-state index contributed by atoms with van der Waals surface area (Å²) in [7, 11) is 0. The maximum Gasteiger partial charge on any atom is 0.338 e. The number of hydrogen-bond donors (Lipinski definition) is 1. The van der Waals surface area contributed by atoms with Gasteiger partial charge in [0.2, 0.25) is 0 Å². The molecule has 0 saturated carbocycles. The number of nitrogens with zero attached hydrogens (tertiary/aromatic N) is 1. The number of anilines is 1. The lowest BCUT2D eigenvalue weighted by Gasteiger charge is -2.18. The largest absolute Gasteiger partial charge is 0.457 e. The van der Waals surface area contributed by atoms with Crippen LogP contribution in [-0.2, 0) is 11.3 Å². The van der Waals surface area contributed by atoms with E-state index >= 15 is 0 Å². The summed E-state index contributed by atoms with van der Waals surface area (Å²) in [4.78, 5) is 16.6. The van der Waals surface area contributed by atoms with E-state index in [0.717, 1.165) is 40.7 Å². The number of fused-ring (bicyclic) bond motifs is 1. The molecule has 1 unspecified atom stereocenters. The van der Waals surface area contributed by atoms with Crippen LogP contribution in [0.4, 0.5) is 5.69 Å². The van der Waals surface area contributed by atoms with Crippen molar-refractivity contribution in [3.05, 3.63) is 107 Å². The lowest BCUT2D eigenvalue weighted by Crippen LogP contribution is -2.12. The van der Waals surface area contributed by atoms with Crippen LogP contribution >= 0.6 is 0 Å². The van der Waals surface area contributed by atoms with Crippen molar-refractivity contribution in [3.63, 3.8) is 0 Å². The molecule has 0 fully saturated rings. The second-order valence-corrected chi connectivity index (χ2v) is 8.56. The molecule has 0 bridgehead atoms. The standard InChI is InChI=1S/C29H30N2O2/c1-4-23(18-31-27-11-10-26-17-30-14-13-25(26)16-27)24-8-6-22(7-9-24)19-33-29(32)28-12-5-20(2)15-21(28)3/h5-17,23,31H,4,18-19H2,1-3H3. The molecule has 0 radical (unpaired) electrons. The molecule has 0 aliphatic heterocycles. The second kappa shape index (κ2) is 10.3. The van der Waals surface area contributed by atoms with E-state index in [1.165, 1.54) is 10.9 Å². The first-order valence-electron chi connectivity index (χ1n) is 11.4. The topological polar surface area (TPSA) is 51.2 Å². The van der Waals surface area contributed by atoms with Gasteiger partial charge in [0.05, 0.1) is 5.56 Å². The number of carbonyl (C=O) groups excluding carboxylic acids is 1. The Labute approximate surface area is 195 Å². The fourth-order valence-electron chi connectivity index (χ4n) is 4.09. The molecule has 4 rings (SSSR count). The molecule has 0 saturated heterocycles. The van der Waals surface area contributed by atoms with Crippen LogP contribution in [0.2, 0.25) is 0 Å². The average Bonchev–Trinajstić information content (AvgIpc) is 2.83. The minimum Gasteiger partial charge on any atom is -0.457 e. The Morgan fingerprint density at radius 2 is 1.79 bits per heavy atom. The van der Waals surface area contributed by atoms with Crippen molar-refractivity contribution in [1.29, 1.82) is 0 Å². The Bertz CT molecular complexity index is 1250. The smallest absolute Gasteiger partial charge is 0.338 e. The van der Waals surface area contributed by atoms with E-state index in [-0.39, 0.29) is 12.6 Å². The molecule has 1 atom stereocenters. The Morgan fingerprint density at radius 1 is 0.970 bits per heavy atom. The van der Waals surface area contributed by atoms with Gasteiger partial charge in [0.15, 0.2) is 0 Å². The molecule has 1 aromatic heterocycles. The monoisotopic (exact) mass is 438 g/mol. The minimum absolute atomic E-state index is 0.271. The average molecular weight is 439 g/mol. The van der Waals surface area contributed by atoms with E-state index < -0.39 is 0 Å². The SMILES string of the molecule is CCC(CNc1ccc2cnccc2c1)c1ccc(COC(=O)c2ccc(C)cc2C)cc1. The van der Waals surface area contributed by atoms with E-state index in [2.05, 4.69) is 59.7 Å². The zero-order chi connectivity index (χ0) is 23.2. The van der Waals surface area contributed by atoms with Crippen molar-refractivity contribution in [2.45, 2.75) is 39.7 Å². The van der Waals surface area contributed by atoms with Crippen molar-refractivity contribution in [2.24, 2.45) is 0 Å². The molecule has 168 valence electrons. The van der Waals surface area contributed by atoms with Gasteiger partial charge in [-0.05, 0) is 66.6 Å². The maximum absolute atomic E-state index is 12.4. The summed E-state index contributed by atoms with van der Waals surface area (Å²) in [5.41, 5.74) is 6.08. The highest BCUT2D eigenvalue weighted by Gasteiger charge is 2.12. The highest BCUT2D eigenvalue weighted by Crippen LogP contribution is 2.23. The minimum atomic E-state index is -0.279. The molecular formula is C29H30N2O2. The van der Waals surface area contributed by atoms with Crippen LogP contribution in [0.15, 0.2) is 79.1 Å². The number of pyridine rings is 1. The first-order chi connectivity index (χ1) is 16.0. The maximum atomic E-state index is 12.4. The number of benzene rings is 3. The lowest BCUT2D eigenvalue weighted by atomic mass is 9.95. The number of nitrogens with one attached hydrogen (secondary N) is 1. The summed E-state index contributed by atoms with van der Waals surface area (Å²) in [5, 5.41) is 5.90. The summed E-state index contributed by atoms with van der Waals surface area (Å²) in [6.07, 6.45) is 4.74. The van der Waals surface area contributed by atoms with Gasteiger partial charge in [0.1, 0.15) is 6.61 Å². The van der Waals surface area contributed by atoms with Gasteiger partial charge in [-0.2, -0.15) is 0 Å². The fourth-order valence-corrected chi connectivity index (χ4v) is 4.09. The van der Waals surface area contributed by atoms with Gasteiger partial charge in [-0.3, -0.25) is 4.98 Å². The quantitative estimate of drug-likeness (QED) is 0.307. The van der Waals surface area contributed by atoms with Crippen LogP contribution < -0.4 is 5.32 Å². The van der Waals surface area contributed by atoms with E-state index in [1.54, 1.807) is 0 Å². The number of hydrogen-bond acceptors (Lipinski definition) is 4. The van der Waals surface area contributed by atoms with Crippen LogP contribution in [0.25, 0.3) is 10.8 Å². The number of ether oxygens (including phenoxy) is 1. The first-order valence-corrected chi connectivity index (χ1v) is 11.4. The van der Waals surface area contributed by atoms with Crippen LogP contribution in [0.5, 0.6) is 0 Å². The molecule has 33 heavy (non-hydrogen) atoms. The first kappa shape index (κ1) is 22.5. The van der Waals surface area contributed by atoms with Gasteiger partial charge in [-0.15, -0.1) is 0 Å². The van der Waals surface area contributed by atoms with E-state index in [0.29, 0.717) is 11.5 Å². The molecule has 0 amide bonds. The zero-order valence-corrected chi connectivity index (χ0v) is 19.5. The summed E-state index contributed by atoms with van der Waals surface area (Å²) in [6, 6.07) is 22.6. The number of carbonyl (C=O) groups is 1. The van der Waals surface area contributed by atoms with Crippen LogP contribution in [0.1, 0.15) is 51.9 Å².